The summed E-state index contributed by atoms with van der Waals surface area (Å²) in [6.45, 7) is 4.54. The first-order valence-electron chi connectivity index (χ1n) is 17.9. The molecule has 0 bridgehead atoms. The van der Waals surface area contributed by atoms with E-state index in [1.807, 2.05) is 60.7 Å². The first-order chi connectivity index (χ1) is 26.0. The lowest BCUT2D eigenvalue weighted by Gasteiger charge is -2.25. The van der Waals surface area contributed by atoms with Crippen molar-refractivity contribution < 1.29 is 9.47 Å². The molecule has 8 aromatic rings. The normalized spacial score (nSPS) is 13.2. The highest BCUT2D eigenvalue weighted by atomic mass is 16.6. The van der Waals surface area contributed by atoms with Gasteiger partial charge in [0.05, 0.1) is 0 Å². The van der Waals surface area contributed by atoms with E-state index in [1.165, 1.54) is 16.7 Å². The van der Waals surface area contributed by atoms with Gasteiger partial charge < -0.3 is 9.47 Å². The maximum atomic E-state index is 6.81. The van der Waals surface area contributed by atoms with E-state index in [9.17, 15) is 0 Å². The molecule has 1 aliphatic heterocycles. The van der Waals surface area contributed by atoms with Crippen LogP contribution in [0.25, 0.3) is 67.5 Å². The monoisotopic (exact) mass is 683 g/mol. The number of benzene rings is 7. The molecule has 0 unspecified atom stereocenters. The van der Waals surface area contributed by atoms with Gasteiger partial charge in [0.2, 0.25) is 0 Å². The van der Waals surface area contributed by atoms with Crippen molar-refractivity contribution in [3.05, 3.63) is 175 Å². The molecule has 0 atom stereocenters. The van der Waals surface area contributed by atoms with E-state index in [1.54, 1.807) is 0 Å². The van der Waals surface area contributed by atoms with Crippen molar-refractivity contribution in [1.82, 2.24) is 15.0 Å². The number of rotatable bonds is 5. The summed E-state index contributed by atoms with van der Waals surface area (Å²) in [6.07, 6.45) is 0. The molecule has 252 valence electrons. The van der Waals surface area contributed by atoms with Crippen molar-refractivity contribution in [3.8, 4) is 90.5 Å². The molecule has 53 heavy (non-hydrogen) atoms. The summed E-state index contributed by atoms with van der Waals surface area (Å²) in [5.41, 5.74) is 11.6. The van der Waals surface area contributed by atoms with Crippen LogP contribution >= 0.6 is 0 Å². The maximum absolute atomic E-state index is 6.81. The van der Waals surface area contributed by atoms with Gasteiger partial charge in [-0.2, -0.15) is 0 Å². The summed E-state index contributed by atoms with van der Waals surface area (Å²) in [5.74, 6) is 4.64. The summed E-state index contributed by atoms with van der Waals surface area (Å²) in [4.78, 5) is 15.1. The Morgan fingerprint density at radius 3 is 1.64 bits per heavy atom. The molecule has 0 N–H and O–H groups in total. The van der Waals surface area contributed by atoms with Gasteiger partial charge in [0.15, 0.2) is 40.5 Å². The third-order valence-electron chi connectivity index (χ3n) is 10.4. The average molecular weight is 684 g/mol. The third kappa shape index (κ3) is 5.20. The number of ether oxygens (including phenoxy) is 2. The maximum Gasteiger partial charge on any atom is 0.178 e. The van der Waals surface area contributed by atoms with Crippen LogP contribution in [-0.2, 0) is 5.41 Å². The quantitative estimate of drug-likeness (QED) is 0.181. The Labute approximate surface area is 308 Å². The number of hydrogen-bond donors (Lipinski definition) is 0. The fourth-order valence-electron chi connectivity index (χ4n) is 7.71. The van der Waals surface area contributed by atoms with Gasteiger partial charge in [0.1, 0.15) is 0 Å². The standard InChI is InChI=1S/C48H33N3O2/c1-48(2)38-20-12-11-19-37(38)43-39(48)26-28-41-44(43)53-42-29-34(25-27-40(42)52-41)35-17-9-10-18-36(35)47-50-45(32-15-7-4-8-16-32)49-46(51-47)33-23-21-31(22-24-33)30-13-5-3-6-14-30/h3-29H,1-2H3. The zero-order valence-electron chi connectivity index (χ0n) is 29.2. The second kappa shape index (κ2) is 12.1. The molecular weight excluding hydrogens is 651 g/mol. The second-order valence-electron chi connectivity index (χ2n) is 14.0. The van der Waals surface area contributed by atoms with Crippen LogP contribution in [0.15, 0.2) is 164 Å². The summed E-state index contributed by atoms with van der Waals surface area (Å²) in [7, 11) is 0. The zero-order valence-corrected chi connectivity index (χ0v) is 29.2. The molecule has 2 aliphatic rings. The third-order valence-corrected chi connectivity index (χ3v) is 10.4. The predicted molar refractivity (Wildman–Crippen MR) is 211 cm³/mol. The van der Waals surface area contributed by atoms with E-state index in [0.29, 0.717) is 29.0 Å². The average Bonchev–Trinajstić information content (AvgIpc) is 3.46. The lowest BCUT2D eigenvalue weighted by molar-refractivity contribution is 0.360. The first kappa shape index (κ1) is 30.9. The van der Waals surface area contributed by atoms with Crippen LogP contribution in [-0.4, -0.2) is 15.0 Å². The lowest BCUT2D eigenvalue weighted by Crippen LogP contribution is -2.15. The van der Waals surface area contributed by atoms with Crippen LogP contribution < -0.4 is 9.47 Å². The smallest absolute Gasteiger partial charge is 0.178 e. The van der Waals surface area contributed by atoms with Gasteiger partial charge in [-0.25, -0.2) is 15.0 Å². The molecule has 2 heterocycles. The van der Waals surface area contributed by atoms with Crippen molar-refractivity contribution in [2.75, 3.05) is 0 Å². The Kier molecular flexibility index (Phi) is 7.08. The van der Waals surface area contributed by atoms with Gasteiger partial charge in [-0.15, -0.1) is 0 Å². The van der Waals surface area contributed by atoms with Crippen LogP contribution in [0.4, 0.5) is 0 Å². The summed E-state index contributed by atoms with van der Waals surface area (Å²) < 4.78 is 13.3. The molecule has 0 spiro atoms. The highest BCUT2D eigenvalue weighted by Gasteiger charge is 2.39. The fraction of sp³-hybridized carbons (Fsp3) is 0.0625. The van der Waals surface area contributed by atoms with Gasteiger partial charge in [-0.05, 0) is 57.1 Å². The zero-order chi connectivity index (χ0) is 35.5. The van der Waals surface area contributed by atoms with Crippen molar-refractivity contribution >= 4 is 0 Å². The van der Waals surface area contributed by atoms with Gasteiger partial charge in [-0.3, -0.25) is 0 Å². The number of aromatic nitrogens is 3. The van der Waals surface area contributed by atoms with E-state index >= 15 is 0 Å². The SMILES string of the molecule is CC1(C)c2ccccc2-c2c1ccc1c2Oc2cc(-c3ccccc3-c3nc(-c4ccccc4)nc(-c4ccc(-c5ccccc5)cc4)n3)ccc2O1. The Bertz CT molecular complexity index is 2690. The number of hydrogen-bond acceptors (Lipinski definition) is 5. The van der Waals surface area contributed by atoms with Crippen molar-refractivity contribution in [2.24, 2.45) is 0 Å². The van der Waals surface area contributed by atoms with E-state index in [2.05, 4.69) is 117 Å². The van der Waals surface area contributed by atoms with E-state index in [4.69, 9.17) is 24.4 Å². The molecule has 10 rings (SSSR count). The molecule has 7 aromatic carbocycles. The van der Waals surface area contributed by atoms with Gasteiger partial charge >= 0.3 is 0 Å². The number of nitrogens with zero attached hydrogens (tertiary/aromatic N) is 3. The van der Waals surface area contributed by atoms with Crippen LogP contribution in [0.1, 0.15) is 25.0 Å². The lowest BCUT2D eigenvalue weighted by atomic mass is 9.82. The minimum absolute atomic E-state index is 0.142. The first-order valence-corrected chi connectivity index (χ1v) is 17.9. The molecule has 1 aromatic heterocycles. The molecule has 0 amide bonds. The van der Waals surface area contributed by atoms with Crippen LogP contribution in [0.5, 0.6) is 23.0 Å². The summed E-state index contributed by atoms with van der Waals surface area (Å²) in [6, 6.07) is 56.0. The van der Waals surface area contributed by atoms with E-state index < -0.39 is 0 Å². The summed E-state index contributed by atoms with van der Waals surface area (Å²) >= 11 is 0. The molecule has 0 radical (unpaired) electrons. The minimum Gasteiger partial charge on any atom is -0.449 e. The Balaban J connectivity index is 1.06. The topological polar surface area (TPSA) is 57.1 Å². The second-order valence-corrected chi connectivity index (χ2v) is 14.0. The molecule has 0 saturated carbocycles. The Morgan fingerprint density at radius 1 is 0.377 bits per heavy atom. The van der Waals surface area contributed by atoms with Crippen LogP contribution in [0.2, 0.25) is 0 Å². The predicted octanol–water partition coefficient (Wildman–Crippen LogP) is 12.4. The number of fused-ring (bicyclic) bond motifs is 6. The van der Waals surface area contributed by atoms with Crippen LogP contribution in [0.3, 0.4) is 0 Å². The van der Waals surface area contributed by atoms with Crippen LogP contribution in [0, 0.1) is 0 Å². The molecular formula is C48H33N3O2. The molecule has 5 heteroatoms. The largest absolute Gasteiger partial charge is 0.449 e. The van der Waals surface area contributed by atoms with Crippen molar-refractivity contribution in [2.45, 2.75) is 19.3 Å². The molecule has 0 fully saturated rings. The van der Waals surface area contributed by atoms with E-state index in [0.717, 1.165) is 56.0 Å². The Hall–Kier alpha value is -6.85. The van der Waals surface area contributed by atoms with Crippen molar-refractivity contribution in [1.29, 1.82) is 0 Å². The van der Waals surface area contributed by atoms with Gasteiger partial charge in [0, 0.05) is 27.7 Å². The molecule has 1 aliphatic carbocycles. The van der Waals surface area contributed by atoms with E-state index in [-0.39, 0.29) is 5.41 Å². The fourth-order valence-corrected chi connectivity index (χ4v) is 7.71. The highest BCUT2D eigenvalue weighted by molar-refractivity contribution is 5.89. The summed E-state index contributed by atoms with van der Waals surface area (Å²) in [5, 5.41) is 0. The highest BCUT2D eigenvalue weighted by Crippen LogP contribution is 2.58. The van der Waals surface area contributed by atoms with Crippen molar-refractivity contribution in [3.63, 3.8) is 0 Å². The molecule has 5 nitrogen and oxygen atoms in total. The minimum atomic E-state index is -0.142. The Morgan fingerprint density at radius 2 is 0.906 bits per heavy atom. The van der Waals surface area contributed by atoms with Gasteiger partial charge in [-0.1, -0.05) is 159 Å². The van der Waals surface area contributed by atoms with Gasteiger partial charge in [0.25, 0.3) is 0 Å². The molecule has 0 saturated heterocycles.